The van der Waals surface area contributed by atoms with E-state index in [4.69, 9.17) is 10.5 Å². The standard InChI is InChI=1S/C16H17N3O2/c1-9-5-11(21-2)3-4-13(9)18-15-8-14-10(6-12(15)17)7-16(20)19-14/h3-6,8,18H,7,17H2,1-2H3,(H,19,20). The number of aryl methyl sites for hydroxylation is 1. The van der Waals surface area contributed by atoms with Crippen LogP contribution in [0.1, 0.15) is 11.1 Å². The van der Waals surface area contributed by atoms with Crippen molar-refractivity contribution in [2.45, 2.75) is 13.3 Å². The molecular weight excluding hydrogens is 266 g/mol. The van der Waals surface area contributed by atoms with Gasteiger partial charge in [-0.25, -0.2) is 0 Å². The first-order valence-electron chi connectivity index (χ1n) is 6.71. The molecule has 0 atom stereocenters. The zero-order valence-electron chi connectivity index (χ0n) is 12.0. The first-order chi connectivity index (χ1) is 10.1. The Morgan fingerprint density at radius 3 is 2.76 bits per heavy atom. The van der Waals surface area contributed by atoms with Crippen LogP contribution in [0.3, 0.4) is 0 Å². The molecular formula is C16H17N3O2. The van der Waals surface area contributed by atoms with E-state index < -0.39 is 0 Å². The molecule has 0 bridgehead atoms. The van der Waals surface area contributed by atoms with Gasteiger partial charge in [-0.05, 0) is 48.4 Å². The van der Waals surface area contributed by atoms with Crippen LogP contribution in [0.15, 0.2) is 30.3 Å². The molecule has 0 aromatic heterocycles. The van der Waals surface area contributed by atoms with Gasteiger partial charge in [0.15, 0.2) is 0 Å². The van der Waals surface area contributed by atoms with Crippen molar-refractivity contribution in [3.63, 3.8) is 0 Å². The summed E-state index contributed by atoms with van der Waals surface area (Å²) < 4.78 is 5.20. The number of carbonyl (C=O) groups is 1. The van der Waals surface area contributed by atoms with E-state index in [9.17, 15) is 4.79 Å². The first kappa shape index (κ1) is 13.3. The summed E-state index contributed by atoms with van der Waals surface area (Å²) in [5, 5.41) is 6.13. The average Bonchev–Trinajstić information content (AvgIpc) is 2.80. The lowest BCUT2D eigenvalue weighted by atomic mass is 10.1. The monoisotopic (exact) mass is 283 g/mol. The highest BCUT2D eigenvalue weighted by Gasteiger charge is 2.19. The van der Waals surface area contributed by atoms with Crippen molar-refractivity contribution >= 4 is 28.7 Å². The van der Waals surface area contributed by atoms with E-state index >= 15 is 0 Å². The van der Waals surface area contributed by atoms with E-state index in [2.05, 4.69) is 10.6 Å². The molecule has 0 aliphatic carbocycles. The van der Waals surface area contributed by atoms with Gasteiger partial charge in [0.25, 0.3) is 0 Å². The second kappa shape index (κ2) is 5.01. The number of fused-ring (bicyclic) bond motifs is 1. The molecule has 3 rings (SSSR count). The Hall–Kier alpha value is -2.69. The smallest absolute Gasteiger partial charge is 0.228 e. The Balaban J connectivity index is 1.92. The van der Waals surface area contributed by atoms with E-state index in [-0.39, 0.29) is 5.91 Å². The van der Waals surface area contributed by atoms with Crippen LogP contribution in [0.25, 0.3) is 0 Å². The third-order valence-corrected chi connectivity index (χ3v) is 3.60. The number of hydrogen-bond acceptors (Lipinski definition) is 4. The van der Waals surface area contributed by atoms with Gasteiger partial charge in [-0.2, -0.15) is 0 Å². The lowest BCUT2D eigenvalue weighted by Gasteiger charge is -2.14. The molecule has 1 amide bonds. The molecule has 1 aliphatic rings. The number of benzene rings is 2. The number of rotatable bonds is 3. The summed E-state index contributed by atoms with van der Waals surface area (Å²) in [7, 11) is 1.64. The molecule has 0 spiro atoms. The van der Waals surface area contributed by atoms with Crippen LogP contribution in [0, 0.1) is 6.92 Å². The molecule has 2 aromatic rings. The van der Waals surface area contributed by atoms with Crippen LogP contribution in [0.2, 0.25) is 0 Å². The Kier molecular flexibility index (Phi) is 3.17. The first-order valence-corrected chi connectivity index (χ1v) is 6.71. The van der Waals surface area contributed by atoms with E-state index in [0.717, 1.165) is 33.9 Å². The lowest BCUT2D eigenvalue weighted by molar-refractivity contribution is -0.115. The Labute approximate surface area is 123 Å². The van der Waals surface area contributed by atoms with Crippen molar-refractivity contribution < 1.29 is 9.53 Å². The third-order valence-electron chi connectivity index (χ3n) is 3.60. The summed E-state index contributed by atoms with van der Waals surface area (Å²) in [4.78, 5) is 11.4. The topological polar surface area (TPSA) is 76.4 Å². The van der Waals surface area contributed by atoms with Crippen LogP contribution in [-0.4, -0.2) is 13.0 Å². The van der Waals surface area contributed by atoms with Gasteiger partial charge in [-0.1, -0.05) is 0 Å². The van der Waals surface area contributed by atoms with Crippen LogP contribution >= 0.6 is 0 Å². The fourth-order valence-corrected chi connectivity index (χ4v) is 2.45. The Bertz CT molecular complexity index is 726. The van der Waals surface area contributed by atoms with Crippen LogP contribution in [0.4, 0.5) is 22.7 Å². The van der Waals surface area contributed by atoms with Crippen molar-refractivity contribution in [3.05, 3.63) is 41.5 Å². The molecule has 0 unspecified atom stereocenters. The Morgan fingerprint density at radius 2 is 2.05 bits per heavy atom. The molecule has 21 heavy (non-hydrogen) atoms. The number of nitrogens with two attached hydrogens (primary N) is 1. The summed E-state index contributed by atoms with van der Waals surface area (Å²) in [5.74, 6) is 0.814. The highest BCUT2D eigenvalue weighted by Crippen LogP contribution is 2.34. The normalized spacial score (nSPS) is 12.8. The molecule has 4 N–H and O–H groups in total. The summed E-state index contributed by atoms with van der Waals surface area (Å²) in [6.45, 7) is 2.00. The molecule has 0 radical (unpaired) electrons. The molecule has 108 valence electrons. The molecule has 5 nitrogen and oxygen atoms in total. The maximum Gasteiger partial charge on any atom is 0.228 e. The van der Waals surface area contributed by atoms with Gasteiger partial charge in [0.05, 0.1) is 24.9 Å². The summed E-state index contributed by atoms with van der Waals surface area (Å²) >= 11 is 0. The maximum atomic E-state index is 11.4. The molecule has 0 saturated carbocycles. The predicted molar refractivity (Wildman–Crippen MR) is 84.2 cm³/mol. The molecule has 0 saturated heterocycles. The third kappa shape index (κ3) is 2.50. The molecule has 1 heterocycles. The van der Waals surface area contributed by atoms with Crippen LogP contribution in [-0.2, 0) is 11.2 Å². The molecule has 0 fully saturated rings. The minimum atomic E-state index is 0.00202. The zero-order chi connectivity index (χ0) is 15.0. The minimum absolute atomic E-state index is 0.00202. The van der Waals surface area contributed by atoms with E-state index in [1.165, 1.54) is 0 Å². The summed E-state index contributed by atoms with van der Waals surface area (Å²) in [6, 6.07) is 9.50. The SMILES string of the molecule is COc1ccc(Nc2cc3c(cc2N)CC(=O)N3)c(C)c1. The Morgan fingerprint density at radius 1 is 1.24 bits per heavy atom. The number of nitrogen functional groups attached to an aromatic ring is 1. The van der Waals surface area contributed by atoms with Gasteiger partial charge in [0.2, 0.25) is 5.91 Å². The van der Waals surface area contributed by atoms with E-state index in [0.29, 0.717) is 12.1 Å². The summed E-state index contributed by atoms with van der Waals surface area (Å²) in [5.41, 5.74) is 11.2. The second-order valence-electron chi connectivity index (χ2n) is 5.13. The van der Waals surface area contributed by atoms with Gasteiger partial charge in [0, 0.05) is 11.4 Å². The van der Waals surface area contributed by atoms with Crippen molar-refractivity contribution in [3.8, 4) is 5.75 Å². The van der Waals surface area contributed by atoms with Crippen LogP contribution in [0.5, 0.6) is 5.75 Å². The number of anilines is 4. The average molecular weight is 283 g/mol. The quantitative estimate of drug-likeness (QED) is 0.757. The highest BCUT2D eigenvalue weighted by molar-refractivity contribution is 6.01. The number of amides is 1. The molecule has 2 aromatic carbocycles. The highest BCUT2D eigenvalue weighted by atomic mass is 16.5. The number of nitrogens with one attached hydrogen (secondary N) is 2. The number of ether oxygens (including phenoxy) is 1. The predicted octanol–water partition coefficient (Wildman–Crippen LogP) is 2.82. The number of carbonyl (C=O) groups excluding carboxylic acids is 1. The van der Waals surface area contributed by atoms with Crippen molar-refractivity contribution in [2.24, 2.45) is 0 Å². The lowest BCUT2D eigenvalue weighted by Crippen LogP contribution is -2.03. The fraction of sp³-hybridized carbons (Fsp3) is 0.188. The van der Waals surface area contributed by atoms with Crippen molar-refractivity contribution in [2.75, 3.05) is 23.5 Å². The minimum Gasteiger partial charge on any atom is -0.497 e. The zero-order valence-corrected chi connectivity index (χ0v) is 12.0. The van der Waals surface area contributed by atoms with E-state index in [1.807, 2.05) is 37.3 Å². The van der Waals surface area contributed by atoms with Gasteiger partial charge in [0.1, 0.15) is 5.75 Å². The summed E-state index contributed by atoms with van der Waals surface area (Å²) in [6.07, 6.45) is 0.390. The second-order valence-corrected chi connectivity index (χ2v) is 5.13. The molecule has 1 aliphatic heterocycles. The van der Waals surface area contributed by atoms with Crippen LogP contribution < -0.4 is 21.1 Å². The fourth-order valence-electron chi connectivity index (χ4n) is 2.45. The van der Waals surface area contributed by atoms with Crippen molar-refractivity contribution in [1.82, 2.24) is 0 Å². The van der Waals surface area contributed by atoms with E-state index in [1.54, 1.807) is 7.11 Å². The van der Waals surface area contributed by atoms with Gasteiger partial charge in [-0.3, -0.25) is 4.79 Å². The largest absolute Gasteiger partial charge is 0.497 e. The van der Waals surface area contributed by atoms with Gasteiger partial charge >= 0.3 is 0 Å². The number of methoxy groups -OCH3 is 1. The van der Waals surface area contributed by atoms with Crippen molar-refractivity contribution in [1.29, 1.82) is 0 Å². The van der Waals surface area contributed by atoms with Gasteiger partial charge < -0.3 is 21.1 Å². The van der Waals surface area contributed by atoms with Gasteiger partial charge in [-0.15, -0.1) is 0 Å². The number of hydrogen-bond donors (Lipinski definition) is 3. The molecule has 5 heteroatoms. The maximum absolute atomic E-state index is 11.4.